The number of anilines is 1. The van der Waals surface area contributed by atoms with Crippen molar-refractivity contribution in [3.8, 4) is 0 Å². The molecule has 6 heteroatoms. The van der Waals surface area contributed by atoms with Crippen LogP contribution < -0.4 is 5.73 Å². The molecule has 0 bridgehead atoms. The van der Waals surface area contributed by atoms with Crippen LogP contribution in [-0.4, -0.2) is 0 Å². The Hall–Kier alpha value is -1.59. The molecule has 94 valence electrons. The standard InChI is InChI=1S/C11H10F5N/c1-3-10(12,13)7-4-6(2)5-8(9(7)17)11(14,15)16/h3-5H,1,17H2,2H3. The van der Waals surface area contributed by atoms with Gasteiger partial charge in [0.05, 0.1) is 11.3 Å². The zero-order chi connectivity index (χ0) is 13.4. The molecule has 17 heavy (non-hydrogen) atoms. The maximum atomic E-state index is 13.3. The number of alkyl halides is 5. The van der Waals surface area contributed by atoms with E-state index in [0.29, 0.717) is 0 Å². The van der Waals surface area contributed by atoms with Crippen molar-refractivity contribution in [2.24, 2.45) is 0 Å². The summed E-state index contributed by atoms with van der Waals surface area (Å²) in [6.07, 6.45) is -4.50. The zero-order valence-corrected chi connectivity index (χ0v) is 8.91. The van der Waals surface area contributed by atoms with Gasteiger partial charge in [0.25, 0.3) is 5.92 Å². The minimum absolute atomic E-state index is 0.0584. The number of benzene rings is 1. The van der Waals surface area contributed by atoms with Crippen LogP contribution >= 0.6 is 0 Å². The second kappa shape index (κ2) is 4.01. The lowest BCUT2D eigenvalue weighted by Crippen LogP contribution is -2.17. The number of hydrogen-bond donors (Lipinski definition) is 1. The molecule has 1 aromatic rings. The van der Waals surface area contributed by atoms with Crippen LogP contribution in [0.15, 0.2) is 24.8 Å². The Bertz CT molecular complexity index is 448. The van der Waals surface area contributed by atoms with Gasteiger partial charge < -0.3 is 5.73 Å². The molecule has 0 aliphatic carbocycles. The van der Waals surface area contributed by atoms with Crippen molar-refractivity contribution >= 4 is 5.69 Å². The molecule has 1 rings (SSSR count). The Labute approximate surface area is 94.7 Å². The third-order valence-corrected chi connectivity index (χ3v) is 2.25. The summed E-state index contributed by atoms with van der Waals surface area (Å²) in [5, 5.41) is 0. The molecule has 1 aromatic carbocycles. The van der Waals surface area contributed by atoms with E-state index in [1.54, 1.807) is 0 Å². The predicted molar refractivity (Wildman–Crippen MR) is 54.7 cm³/mol. The average Bonchev–Trinajstić information content (AvgIpc) is 2.19. The molecular weight excluding hydrogens is 241 g/mol. The van der Waals surface area contributed by atoms with E-state index in [0.717, 1.165) is 12.1 Å². The molecule has 0 spiro atoms. The highest BCUT2D eigenvalue weighted by Crippen LogP contribution is 2.41. The second-order valence-corrected chi connectivity index (χ2v) is 3.60. The number of hydrogen-bond acceptors (Lipinski definition) is 1. The molecule has 0 amide bonds. The van der Waals surface area contributed by atoms with Gasteiger partial charge in [-0.3, -0.25) is 0 Å². The Balaban J connectivity index is 3.55. The van der Waals surface area contributed by atoms with Crippen molar-refractivity contribution in [1.82, 2.24) is 0 Å². The first-order chi connectivity index (χ1) is 7.59. The monoisotopic (exact) mass is 251 g/mol. The molecule has 0 atom stereocenters. The molecule has 0 aliphatic rings. The highest BCUT2D eigenvalue weighted by Gasteiger charge is 2.38. The third kappa shape index (κ3) is 2.57. The van der Waals surface area contributed by atoms with Gasteiger partial charge in [0, 0.05) is 5.56 Å². The lowest BCUT2D eigenvalue weighted by molar-refractivity contribution is -0.137. The first kappa shape index (κ1) is 13.5. The van der Waals surface area contributed by atoms with Crippen molar-refractivity contribution in [3.05, 3.63) is 41.5 Å². The van der Waals surface area contributed by atoms with Crippen LogP contribution in [-0.2, 0) is 12.1 Å². The maximum absolute atomic E-state index is 13.3. The van der Waals surface area contributed by atoms with E-state index in [-0.39, 0.29) is 11.6 Å². The van der Waals surface area contributed by atoms with E-state index in [1.807, 2.05) is 0 Å². The van der Waals surface area contributed by atoms with Gasteiger partial charge in [-0.2, -0.15) is 22.0 Å². The fourth-order valence-corrected chi connectivity index (χ4v) is 1.42. The zero-order valence-electron chi connectivity index (χ0n) is 8.91. The Kier molecular flexibility index (Phi) is 3.18. The Morgan fingerprint density at radius 3 is 2.00 bits per heavy atom. The van der Waals surface area contributed by atoms with Crippen molar-refractivity contribution in [1.29, 1.82) is 0 Å². The van der Waals surface area contributed by atoms with Crippen LogP contribution in [0, 0.1) is 6.92 Å². The van der Waals surface area contributed by atoms with Crippen LogP contribution in [0.5, 0.6) is 0 Å². The maximum Gasteiger partial charge on any atom is 0.418 e. The van der Waals surface area contributed by atoms with Gasteiger partial charge in [0.1, 0.15) is 0 Å². The van der Waals surface area contributed by atoms with E-state index in [9.17, 15) is 22.0 Å². The van der Waals surface area contributed by atoms with Crippen LogP contribution in [0.4, 0.5) is 27.6 Å². The Morgan fingerprint density at radius 2 is 1.59 bits per heavy atom. The van der Waals surface area contributed by atoms with Crippen LogP contribution in [0.1, 0.15) is 16.7 Å². The average molecular weight is 251 g/mol. The summed E-state index contributed by atoms with van der Waals surface area (Å²) in [5.74, 6) is -3.59. The van der Waals surface area contributed by atoms with Crippen molar-refractivity contribution in [3.63, 3.8) is 0 Å². The molecule has 0 aromatic heterocycles. The molecule has 0 radical (unpaired) electrons. The number of aryl methyl sites for hydroxylation is 1. The largest absolute Gasteiger partial charge is 0.418 e. The quantitative estimate of drug-likeness (QED) is 0.482. The van der Waals surface area contributed by atoms with E-state index in [1.165, 1.54) is 6.92 Å². The van der Waals surface area contributed by atoms with E-state index in [4.69, 9.17) is 5.73 Å². The molecular formula is C11H10F5N. The summed E-state index contributed by atoms with van der Waals surface area (Å²) >= 11 is 0. The Morgan fingerprint density at radius 1 is 1.12 bits per heavy atom. The van der Waals surface area contributed by atoms with Gasteiger partial charge in [0.2, 0.25) is 0 Å². The van der Waals surface area contributed by atoms with E-state index in [2.05, 4.69) is 6.58 Å². The summed E-state index contributed by atoms with van der Waals surface area (Å²) in [6, 6.07) is 1.66. The van der Waals surface area contributed by atoms with Gasteiger partial charge >= 0.3 is 6.18 Å². The summed E-state index contributed by atoms with van der Waals surface area (Å²) in [6.45, 7) is 4.17. The lowest BCUT2D eigenvalue weighted by atomic mass is 9.98. The van der Waals surface area contributed by atoms with Crippen molar-refractivity contribution in [2.45, 2.75) is 19.0 Å². The van der Waals surface area contributed by atoms with Gasteiger partial charge in [-0.25, -0.2) is 0 Å². The number of halogens is 5. The topological polar surface area (TPSA) is 26.0 Å². The number of rotatable bonds is 2. The molecule has 0 saturated carbocycles. The highest BCUT2D eigenvalue weighted by molar-refractivity contribution is 5.59. The SMILES string of the molecule is C=CC(F)(F)c1cc(C)cc(C(F)(F)F)c1N. The smallest absolute Gasteiger partial charge is 0.398 e. The minimum Gasteiger partial charge on any atom is -0.398 e. The van der Waals surface area contributed by atoms with Gasteiger partial charge in [-0.1, -0.05) is 6.58 Å². The fraction of sp³-hybridized carbons (Fsp3) is 0.273. The first-order valence-corrected chi connectivity index (χ1v) is 4.59. The number of nitrogens with two attached hydrogens (primary N) is 1. The minimum atomic E-state index is -4.76. The summed E-state index contributed by atoms with van der Waals surface area (Å²) < 4.78 is 64.3. The molecule has 0 saturated heterocycles. The van der Waals surface area contributed by atoms with E-state index >= 15 is 0 Å². The number of nitrogen functional groups attached to an aromatic ring is 1. The van der Waals surface area contributed by atoms with Gasteiger partial charge in [0.15, 0.2) is 0 Å². The summed E-state index contributed by atoms with van der Waals surface area (Å²) in [7, 11) is 0. The number of allylic oxidation sites excluding steroid dienone is 1. The van der Waals surface area contributed by atoms with Gasteiger partial charge in [-0.05, 0) is 30.7 Å². The lowest BCUT2D eigenvalue weighted by Gasteiger charge is -2.19. The second-order valence-electron chi connectivity index (χ2n) is 3.60. The molecule has 0 fully saturated rings. The van der Waals surface area contributed by atoms with E-state index < -0.39 is 28.9 Å². The molecule has 0 unspecified atom stereocenters. The first-order valence-electron chi connectivity index (χ1n) is 4.59. The molecule has 2 N–H and O–H groups in total. The molecule has 0 heterocycles. The molecule has 1 nitrogen and oxygen atoms in total. The fourth-order valence-electron chi connectivity index (χ4n) is 1.42. The van der Waals surface area contributed by atoms with Crippen molar-refractivity contribution in [2.75, 3.05) is 5.73 Å². The highest BCUT2D eigenvalue weighted by atomic mass is 19.4. The summed E-state index contributed by atoms with van der Waals surface area (Å²) in [4.78, 5) is 0. The van der Waals surface area contributed by atoms with Crippen LogP contribution in [0.25, 0.3) is 0 Å². The third-order valence-electron chi connectivity index (χ3n) is 2.25. The van der Waals surface area contributed by atoms with Crippen LogP contribution in [0.2, 0.25) is 0 Å². The molecule has 0 aliphatic heterocycles. The van der Waals surface area contributed by atoms with Gasteiger partial charge in [-0.15, -0.1) is 0 Å². The summed E-state index contributed by atoms with van der Waals surface area (Å²) in [5.41, 5.74) is 2.12. The predicted octanol–water partition coefficient (Wildman–Crippen LogP) is 3.87. The van der Waals surface area contributed by atoms with Crippen molar-refractivity contribution < 1.29 is 22.0 Å². The normalized spacial score (nSPS) is 12.6. The van der Waals surface area contributed by atoms with Crippen LogP contribution in [0.3, 0.4) is 0 Å².